The van der Waals surface area contributed by atoms with Gasteiger partial charge in [-0.1, -0.05) is 17.7 Å². The molecule has 0 bridgehead atoms. The van der Waals surface area contributed by atoms with Crippen LogP contribution in [0.25, 0.3) is 0 Å². The molecule has 1 unspecified atom stereocenters. The average molecular weight is 293 g/mol. The monoisotopic (exact) mass is 292 g/mol. The molecule has 1 N–H and O–H groups in total. The van der Waals surface area contributed by atoms with Crippen LogP contribution in [0.3, 0.4) is 0 Å². The highest BCUT2D eigenvalue weighted by Crippen LogP contribution is 2.20. The van der Waals surface area contributed by atoms with Crippen molar-refractivity contribution < 1.29 is 9.18 Å². The maximum absolute atomic E-state index is 13.6. The van der Waals surface area contributed by atoms with Gasteiger partial charge in [-0.25, -0.2) is 4.39 Å². The summed E-state index contributed by atoms with van der Waals surface area (Å²) in [6.07, 6.45) is 3.23. The normalized spacial score (nSPS) is 11.9. The third kappa shape index (κ3) is 3.54. The van der Waals surface area contributed by atoms with Crippen LogP contribution in [0.1, 0.15) is 24.1 Å². The molecule has 0 aliphatic rings. The Hall–Kier alpha value is -1.94. The van der Waals surface area contributed by atoms with Gasteiger partial charge in [-0.15, -0.1) is 0 Å². The summed E-state index contributed by atoms with van der Waals surface area (Å²) in [5, 5.41) is 3.07. The molecule has 0 saturated carbocycles. The number of nitrogens with one attached hydrogen (secondary N) is 1. The standard InChI is InChI=1S/C15H14ClFN2O/c1-10(11-5-7-18-8-6-11)19-15(20)9-12-13(16)3-2-4-14(12)17/h2-8,10H,9H2,1H3,(H,19,20). The van der Waals surface area contributed by atoms with E-state index in [4.69, 9.17) is 11.6 Å². The number of hydrogen-bond acceptors (Lipinski definition) is 2. The lowest BCUT2D eigenvalue weighted by atomic mass is 10.1. The van der Waals surface area contributed by atoms with E-state index in [-0.39, 0.29) is 29.0 Å². The molecule has 1 atom stereocenters. The second kappa shape index (κ2) is 6.48. The Morgan fingerprint density at radius 1 is 1.35 bits per heavy atom. The quantitative estimate of drug-likeness (QED) is 0.939. The van der Waals surface area contributed by atoms with Crippen LogP contribution in [0.2, 0.25) is 5.02 Å². The number of benzene rings is 1. The molecular formula is C15H14ClFN2O. The van der Waals surface area contributed by atoms with Crippen LogP contribution in [-0.4, -0.2) is 10.9 Å². The number of halogens is 2. The van der Waals surface area contributed by atoms with E-state index in [0.29, 0.717) is 0 Å². The van der Waals surface area contributed by atoms with Crippen molar-refractivity contribution in [3.8, 4) is 0 Å². The predicted octanol–water partition coefficient (Wildman–Crippen LogP) is 3.29. The summed E-state index contributed by atoms with van der Waals surface area (Å²) in [6, 6.07) is 7.84. The van der Waals surface area contributed by atoms with Crippen LogP contribution in [0.5, 0.6) is 0 Å². The minimum Gasteiger partial charge on any atom is -0.349 e. The third-order valence-corrected chi connectivity index (χ3v) is 3.34. The number of aromatic nitrogens is 1. The summed E-state index contributed by atoms with van der Waals surface area (Å²) >= 11 is 5.90. The first-order valence-electron chi connectivity index (χ1n) is 6.20. The summed E-state index contributed by atoms with van der Waals surface area (Å²) < 4.78 is 13.6. The first-order valence-corrected chi connectivity index (χ1v) is 6.58. The second-order valence-electron chi connectivity index (χ2n) is 4.45. The van der Waals surface area contributed by atoms with Crippen molar-refractivity contribution in [2.75, 3.05) is 0 Å². The summed E-state index contributed by atoms with van der Waals surface area (Å²) in [4.78, 5) is 15.9. The molecule has 1 aromatic carbocycles. The molecule has 3 nitrogen and oxygen atoms in total. The highest BCUT2D eigenvalue weighted by Gasteiger charge is 2.14. The van der Waals surface area contributed by atoms with Crippen molar-refractivity contribution in [1.29, 1.82) is 0 Å². The molecule has 1 heterocycles. The number of pyridine rings is 1. The fourth-order valence-corrected chi connectivity index (χ4v) is 2.12. The van der Waals surface area contributed by atoms with Gasteiger partial charge in [0.05, 0.1) is 12.5 Å². The van der Waals surface area contributed by atoms with Gasteiger partial charge in [-0.3, -0.25) is 9.78 Å². The molecule has 0 aliphatic heterocycles. The zero-order valence-electron chi connectivity index (χ0n) is 10.9. The first-order chi connectivity index (χ1) is 9.58. The Kier molecular flexibility index (Phi) is 4.69. The van der Waals surface area contributed by atoms with E-state index in [9.17, 15) is 9.18 Å². The molecular weight excluding hydrogens is 279 g/mol. The molecule has 0 spiro atoms. The van der Waals surface area contributed by atoms with E-state index >= 15 is 0 Å². The maximum atomic E-state index is 13.6. The van der Waals surface area contributed by atoms with E-state index in [1.807, 2.05) is 19.1 Å². The van der Waals surface area contributed by atoms with Crippen molar-refractivity contribution in [1.82, 2.24) is 10.3 Å². The van der Waals surface area contributed by atoms with Gasteiger partial charge < -0.3 is 5.32 Å². The number of carbonyl (C=O) groups is 1. The van der Waals surface area contributed by atoms with Crippen molar-refractivity contribution in [2.45, 2.75) is 19.4 Å². The Bertz CT molecular complexity index is 584. The van der Waals surface area contributed by atoms with E-state index in [0.717, 1.165) is 5.56 Å². The molecule has 0 aliphatic carbocycles. The Balaban J connectivity index is 2.03. The summed E-state index contributed by atoms with van der Waals surface area (Å²) in [7, 11) is 0. The Morgan fingerprint density at radius 3 is 2.70 bits per heavy atom. The highest BCUT2D eigenvalue weighted by molar-refractivity contribution is 6.31. The molecule has 1 aromatic heterocycles. The van der Waals surface area contributed by atoms with Crippen molar-refractivity contribution in [3.63, 3.8) is 0 Å². The van der Waals surface area contributed by atoms with Gasteiger partial charge in [0.1, 0.15) is 5.82 Å². The fraction of sp³-hybridized carbons (Fsp3) is 0.200. The van der Waals surface area contributed by atoms with Crippen molar-refractivity contribution in [2.24, 2.45) is 0 Å². The van der Waals surface area contributed by atoms with Gasteiger partial charge >= 0.3 is 0 Å². The van der Waals surface area contributed by atoms with Crippen LogP contribution in [0.4, 0.5) is 4.39 Å². The average Bonchev–Trinajstić information content (AvgIpc) is 2.44. The summed E-state index contributed by atoms with van der Waals surface area (Å²) in [6.45, 7) is 1.86. The van der Waals surface area contributed by atoms with E-state index in [1.54, 1.807) is 18.5 Å². The van der Waals surface area contributed by atoms with Gasteiger partial charge in [-0.2, -0.15) is 0 Å². The van der Waals surface area contributed by atoms with Crippen molar-refractivity contribution in [3.05, 3.63) is 64.7 Å². The lowest BCUT2D eigenvalue weighted by Gasteiger charge is -2.14. The number of carbonyl (C=O) groups excluding carboxylic acids is 1. The van der Waals surface area contributed by atoms with E-state index in [2.05, 4.69) is 10.3 Å². The molecule has 0 fully saturated rings. The summed E-state index contributed by atoms with van der Waals surface area (Å²) in [5.41, 5.74) is 1.15. The Morgan fingerprint density at radius 2 is 2.05 bits per heavy atom. The predicted molar refractivity (Wildman–Crippen MR) is 75.9 cm³/mol. The molecule has 5 heteroatoms. The molecule has 20 heavy (non-hydrogen) atoms. The van der Waals surface area contributed by atoms with Gasteiger partial charge in [0.25, 0.3) is 0 Å². The lowest BCUT2D eigenvalue weighted by molar-refractivity contribution is -0.121. The second-order valence-corrected chi connectivity index (χ2v) is 4.85. The van der Waals surface area contributed by atoms with Crippen LogP contribution >= 0.6 is 11.6 Å². The minimum atomic E-state index is -0.468. The number of amides is 1. The van der Waals surface area contributed by atoms with Crippen LogP contribution in [0.15, 0.2) is 42.7 Å². The fourth-order valence-electron chi connectivity index (χ4n) is 1.89. The van der Waals surface area contributed by atoms with Crippen LogP contribution in [0, 0.1) is 5.82 Å². The lowest BCUT2D eigenvalue weighted by Crippen LogP contribution is -2.28. The van der Waals surface area contributed by atoms with E-state index in [1.165, 1.54) is 12.1 Å². The number of hydrogen-bond donors (Lipinski definition) is 1. The van der Waals surface area contributed by atoms with Gasteiger partial charge in [0.2, 0.25) is 5.91 Å². The number of nitrogens with zero attached hydrogens (tertiary/aromatic N) is 1. The largest absolute Gasteiger partial charge is 0.349 e. The maximum Gasteiger partial charge on any atom is 0.225 e. The SMILES string of the molecule is CC(NC(=O)Cc1c(F)cccc1Cl)c1ccncc1. The first kappa shape index (κ1) is 14.5. The topological polar surface area (TPSA) is 42.0 Å². The molecule has 0 saturated heterocycles. The van der Waals surface area contributed by atoms with Gasteiger partial charge in [0, 0.05) is 23.0 Å². The highest BCUT2D eigenvalue weighted by atomic mass is 35.5. The zero-order valence-corrected chi connectivity index (χ0v) is 11.7. The van der Waals surface area contributed by atoms with Crippen LogP contribution in [-0.2, 0) is 11.2 Å². The van der Waals surface area contributed by atoms with Crippen LogP contribution < -0.4 is 5.32 Å². The number of rotatable bonds is 4. The molecule has 2 aromatic rings. The summed E-state index contributed by atoms with van der Waals surface area (Å²) in [5.74, 6) is -0.745. The third-order valence-electron chi connectivity index (χ3n) is 2.98. The molecule has 1 amide bonds. The molecule has 104 valence electrons. The molecule has 2 rings (SSSR count). The van der Waals surface area contributed by atoms with Gasteiger partial charge in [-0.05, 0) is 36.8 Å². The van der Waals surface area contributed by atoms with E-state index < -0.39 is 5.82 Å². The molecule has 0 radical (unpaired) electrons. The zero-order chi connectivity index (χ0) is 14.5. The van der Waals surface area contributed by atoms with Gasteiger partial charge in [0.15, 0.2) is 0 Å². The van der Waals surface area contributed by atoms with Crippen molar-refractivity contribution >= 4 is 17.5 Å². The minimum absolute atomic E-state index is 0.0824. The Labute approximate surface area is 121 Å². The smallest absolute Gasteiger partial charge is 0.225 e.